The number of hydrogen-bond acceptors (Lipinski definition) is 6. The number of hydrogen-bond donors (Lipinski definition) is 2. The third kappa shape index (κ3) is 5.79. The fourth-order valence-corrected chi connectivity index (χ4v) is 4.45. The minimum absolute atomic E-state index is 0.156. The first-order chi connectivity index (χ1) is 15.5. The third-order valence-corrected chi connectivity index (χ3v) is 6.49. The van der Waals surface area contributed by atoms with Crippen molar-refractivity contribution in [1.82, 2.24) is 14.8 Å². The second kappa shape index (κ2) is 10.0. The number of amides is 2. The van der Waals surface area contributed by atoms with E-state index in [1.807, 2.05) is 5.38 Å². The minimum atomic E-state index is -0.495. The molecule has 1 aliphatic heterocycles. The van der Waals surface area contributed by atoms with Gasteiger partial charge in [0.1, 0.15) is 5.01 Å². The molecule has 2 aromatic carbocycles. The summed E-state index contributed by atoms with van der Waals surface area (Å²) in [5.74, 6) is -0.651. The molecule has 4 rings (SSSR count). The summed E-state index contributed by atoms with van der Waals surface area (Å²) in [7, 11) is 2.17. The smallest absolute Gasteiger partial charge is 0.248 e. The molecular formula is C24H27N5O2S. The van der Waals surface area contributed by atoms with Crippen molar-refractivity contribution in [3.8, 4) is 10.6 Å². The zero-order chi connectivity index (χ0) is 22.5. The second-order valence-corrected chi connectivity index (χ2v) is 8.94. The van der Waals surface area contributed by atoms with Crippen LogP contribution in [0.25, 0.3) is 10.6 Å². The maximum Gasteiger partial charge on any atom is 0.248 e. The van der Waals surface area contributed by atoms with Gasteiger partial charge in [0.05, 0.1) is 12.1 Å². The molecule has 0 radical (unpaired) electrons. The highest BCUT2D eigenvalue weighted by molar-refractivity contribution is 7.13. The third-order valence-electron chi connectivity index (χ3n) is 5.55. The number of aromatic nitrogens is 1. The molecule has 3 N–H and O–H groups in total. The van der Waals surface area contributed by atoms with Crippen LogP contribution in [0.15, 0.2) is 53.9 Å². The summed E-state index contributed by atoms with van der Waals surface area (Å²) in [6.07, 6.45) is 0.190. The normalized spacial score (nSPS) is 14.9. The monoisotopic (exact) mass is 449 g/mol. The lowest BCUT2D eigenvalue weighted by atomic mass is 10.1. The molecule has 0 unspecified atom stereocenters. The predicted molar refractivity (Wildman–Crippen MR) is 128 cm³/mol. The van der Waals surface area contributed by atoms with Gasteiger partial charge in [-0.3, -0.25) is 14.5 Å². The van der Waals surface area contributed by atoms with E-state index in [0.29, 0.717) is 11.3 Å². The molecule has 0 bridgehead atoms. The largest absolute Gasteiger partial charge is 0.366 e. The zero-order valence-electron chi connectivity index (χ0n) is 18.1. The van der Waals surface area contributed by atoms with Crippen molar-refractivity contribution in [3.63, 3.8) is 0 Å². The van der Waals surface area contributed by atoms with E-state index in [-0.39, 0.29) is 12.3 Å². The van der Waals surface area contributed by atoms with Crippen molar-refractivity contribution in [3.05, 3.63) is 70.7 Å². The summed E-state index contributed by atoms with van der Waals surface area (Å²) in [5, 5.41) is 5.65. The number of carbonyl (C=O) groups is 2. The first-order valence-electron chi connectivity index (χ1n) is 10.6. The van der Waals surface area contributed by atoms with Gasteiger partial charge >= 0.3 is 0 Å². The highest BCUT2D eigenvalue weighted by Crippen LogP contribution is 2.25. The Balaban J connectivity index is 1.32. The Morgan fingerprint density at radius 3 is 2.38 bits per heavy atom. The second-order valence-electron chi connectivity index (χ2n) is 8.09. The van der Waals surface area contributed by atoms with Gasteiger partial charge in [0.25, 0.3) is 0 Å². The SMILES string of the molecule is CN1CCN(Cc2ccc(-c3nc(CC(=O)Nc4ccc(C(N)=O)cc4)cs3)cc2)CC1. The number of rotatable bonds is 7. The van der Waals surface area contributed by atoms with E-state index in [4.69, 9.17) is 5.73 Å². The van der Waals surface area contributed by atoms with Crippen molar-refractivity contribution in [2.75, 3.05) is 38.5 Å². The van der Waals surface area contributed by atoms with Crippen LogP contribution in [-0.4, -0.2) is 59.8 Å². The quantitative estimate of drug-likeness (QED) is 0.579. The van der Waals surface area contributed by atoms with Gasteiger partial charge in [-0.05, 0) is 36.9 Å². The first kappa shape index (κ1) is 22.1. The molecule has 0 saturated carbocycles. The molecule has 1 aliphatic rings. The van der Waals surface area contributed by atoms with Gasteiger partial charge in [-0.1, -0.05) is 24.3 Å². The fraction of sp³-hybridized carbons (Fsp3) is 0.292. The number of benzene rings is 2. The van der Waals surface area contributed by atoms with Gasteiger partial charge in [0.15, 0.2) is 0 Å². The molecule has 2 amide bonds. The number of nitrogens with one attached hydrogen (secondary N) is 1. The van der Waals surface area contributed by atoms with E-state index in [9.17, 15) is 9.59 Å². The molecule has 1 saturated heterocycles. The van der Waals surface area contributed by atoms with Crippen molar-refractivity contribution < 1.29 is 9.59 Å². The average Bonchev–Trinajstić information content (AvgIpc) is 3.24. The molecular weight excluding hydrogens is 422 g/mol. The number of likely N-dealkylation sites (N-methyl/N-ethyl adjacent to an activating group) is 1. The van der Waals surface area contributed by atoms with E-state index in [1.165, 1.54) is 16.9 Å². The molecule has 0 aliphatic carbocycles. The summed E-state index contributed by atoms with van der Waals surface area (Å²) < 4.78 is 0. The van der Waals surface area contributed by atoms with Crippen LogP contribution in [-0.2, 0) is 17.8 Å². The van der Waals surface area contributed by atoms with Gasteiger partial charge < -0.3 is 16.0 Å². The van der Waals surface area contributed by atoms with Gasteiger partial charge in [-0.15, -0.1) is 11.3 Å². The Kier molecular flexibility index (Phi) is 6.94. The van der Waals surface area contributed by atoms with Crippen LogP contribution in [0.2, 0.25) is 0 Å². The Morgan fingerprint density at radius 1 is 1.03 bits per heavy atom. The Morgan fingerprint density at radius 2 is 1.72 bits per heavy atom. The Bertz CT molecular complexity index is 1070. The Hall–Kier alpha value is -3.07. The Labute approximate surface area is 191 Å². The van der Waals surface area contributed by atoms with Crippen LogP contribution < -0.4 is 11.1 Å². The molecule has 3 aromatic rings. The maximum absolute atomic E-state index is 12.4. The van der Waals surface area contributed by atoms with Crippen molar-refractivity contribution >= 4 is 28.8 Å². The first-order valence-corrected chi connectivity index (χ1v) is 11.5. The lowest BCUT2D eigenvalue weighted by Crippen LogP contribution is -2.43. The highest BCUT2D eigenvalue weighted by Gasteiger charge is 2.14. The van der Waals surface area contributed by atoms with Crippen LogP contribution in [0.5, 0.6) is 0 Å². The van der Waals surface area contributed by atoms with E-state index in [0.717, 1.165) is 49.0 Å². The van der Waals surface area contributed by atoms with E-state index >= 15 is 0 Å². The molecule has 1 fully saturated rings. The summed E-state index contributed by atoms with van der Waals surface area (Å²) >= 11 is 1.54. The van der Waals surface area contributed by atoms with Crippen molar-refractivity contribution in [2.45, 2.75) is 13.0 Å². The van der Waals surface area contributed by atoms with Gasteiger partial charge in [0, 0.05) is 54.9 Å². The fourth-order valence-electron chi connectivity index (χ4n) is 3.63. The minimum Gasteiger partial charge on any atom is -0.366 e. The van der Waals surface area contributed by atoms with Gasteiger partial charge in [-0.25, -0.2) is 4.98 Å². The molecule has 32 heavy (non-hydrogen) atoms. The molecule has 166 valence electrons. The van der Waals surface area contributed by atoms with E-state index < -0.39 is 5.91 Å². The van der Waals surface area contributed by atoms with Crippen LogP contribution in [0.1, 0.15) is 21.6 Å². The number of anilines is 1. The number of thiazole rings is 1. The maximum atomic E-state index is 12.4. The molecule has 2 heterocycles. The topological polar surface area (TPSA) is 91.6 Å². The molecule has 8 heteroatoms. The summed E-state index contributed by atoms with van der Waals surface area (Å²) in [6, 6.07) is 15.0. The van der Waals surface area contributed by atoms with Crippen molar-refractivity contribution in [2.24, 2.45) is 5.73 Å². The predicted octanol–water partition coefficient (Wildman–Crippen LogP) is 2.84. The number of nitrogens with zero attached hydrogens (tertiary/aromatic N) is 3. The average molecular weight is 450 g/mol. The number of piperazine rings is 1. The molecule has 1 aromatic heterocycles. The van der Waals surface area contributed by atoms with E-state index in [1.54, 1.807) is 24.3 Å². The van der Waals surface area contributed by atoms with Gasteiger partial charge in [0.2, 0.25) is 11.8 Å². The summed E-state index contributed by atoms with van der Waals surface area (Å²) in [6.45, 7) is 5.41. The number of carbonyl (C=O) groups excluding carboxylic acids is 2. The lowest BCUT2D eigenvalue weighted by Gasteiger charge is -2.32. The lowest BCUT2D eigenvalue weighted by molar-refractivity contribution is -0.115. The zero-order valence-corrected chi connectivity index (χ0v) is 18.9. The number of nitrogens with two attached hydrogens (primary N) is 1. The molecule has 0 spiro atoms. The van der Waals surface area contributed by atoms with Crippen LogP contribution in [0.4, 0.5) is 5.69 Å². The van der Waals surface area contributed by atoms with Crippen molar-refractivity contribution in [1.29, 1.82) is 0 Å². The van der Waals surface area contributed by atoms with Gasteiger partial charge in [-0.2, -0.15) is 0 Å². The van der Waals surface area contributed by atoms with Crippen LogP contribution in [0, 0.1) is 0 Å². The highest BCUT2D eigenvalue weighted by atomic mass is 32.1. The van der Waals surface area contributed by atoms with E-state index in [2.05, 4.69) is 51.4 Å². The van der Waals surface area contributed by atoms with Crippen LogP contribution in [0.3, 0.4) is 0 Å². The summed E-state index contributed by atoms with van der Waals surface area (Å²) in [5.41, 5.74) is 9.35. The standard InChI is InChI=1S/C24H27N5O2S/c1-28-10-12-29(13-11-28)15-17-2-4-19(5-3-17)24-27-21(16-32-24)14-22(30)26-20-8-6-18(7-9-20)23(25)31/h2-9,16H,10-15H2,1H3,(H2,25,31)(H,26,30). The molecule has 7 nitrogen and oxygen atoms in total. The summed E-state index contributed by atoms with van der Waals surface area (Å²) in [4.78, 5) is 33.0. The van der Waals surface area contributed by atoms with Crippen LogP contribution >= 0.6 is 11.3 Å². The molecule has 0 atom stereocenters. The number of primary amides is 1.